The fourth-order valence-electron chi connectivity index (χ4n) is 1.05. The summed E-state index contributed by atoms with van der Waals surface area (Å²) in [6, 6.07) is 0. The van der Waals surface area contributed by atoms with Crippen LogP contribution in [0, 0.1) is 5.92 Å². The van der Waals surface area contributed by atoms with Crippen LogP contribution in [0.3, 0.4) is 0 Å². The molecule has 0 aromatic heterocycles. The molecule has 0 aliphatic heterocycles. The molecule has 86 valence electrons. The molecule has 0 heterocycles. The highest BCUT2D eigenvalue weighted by Gasteiger charge is 2.27. The van der Waals surface area contributed by atoms with Crippen molar-refractivity contribution in [1.29, 1.82) is 0 Å². The summed E-state index contributed by atoms with van der Waals surface area (Å²) in [5.41, 5.74) is -0.367. The van der Waals surface area contributed by atoms with Gasteiger partial charge in [0, 0.05) is 10.9 Å². The smallest absolute Gasteiger partial charge is 0.212 e. The molecule has 0 aromatic carbocycles. The van der Waals surface area contributed by atoms with Gasteiger partial charge >= 0.3 is 0 Å². The third-order valence-electron chi connectivity index (χ3n) is 2.03. The van der Waals surface area contributed by atoms with Crippen molar-refractivity contribution in [3.05, 3.63) is 0 Å². The lowest BCUT2D eigenvalue weighted by Gasteiger charge is -2.27. The van der Waals surface area contributed by atoms with Crippen LogP contribution >= 0.6 is 15.9 Å². The van der Waals surface area contributed by atoms with Crippen molar-refractivity contribution in [2.45, 2.75) is 39.7 Å². The summed E-state index contributed by atoms with van der Waals surface area (Å²) in [5.74, 6) is 0.346. The van der Waals surface area contributed by atoms with Crippen LogP contribution in [0.4, 0.5) is 0 Å². The first kappa shape index (κ1) is 14.4. The van der Waals surface area contributed by atoms with Crippen LogP contribution in [0.2, 0.25) is 0 Å². The maximum absolute atomic E-state index is 11.6. The van der Waals surface area contributed by atoms with Crippen molar-refractivity contribution in [3.8, 4) is 0 Å². The fraction of sp³-hybridized carbons (Fsp3) is 1.00. The van der Waals surface area contributed by atoms with Crippen molar-refractivity contribution in [2.24, 2.45) is 5.92 Å². The maximum atomic E-state index is 11.6. The van der Waals surface area contributed by atoms with E-state index in [0.717, 1.165) is 6.42 Å². The number of rotatable bonds is 6. The van der Waals surface area contributed by atoms with Crippen LogP contribution in [0.1, 0.15) is 34.1 Å². The van der Waals surface area contributed by atoms with Gasteiger partial charge in [0.15, 0.2) is 0 Å². The van der Waals surface area contributed by atoms with Crippen molar-refractivity contribution >= 4 is 26.0 Å². The Bertz CT molecular complexity index is 258. The number of hydrogen-bond acceptors (Lipinski definition) is 2. The molecule has 0 rings (SSSR count). The zero-order valence-corrected chi connectivity index (χ0v) is 11.7. The van der Waals surface area contributed by atoms with Gasteiger partial charge in [0.2, 0.25) is 10.0 Å². The molecular formula is C9H20BrNO2S. The standard InChI is InChI=1S/C9H20BrNO2S/c1-5-9(4,7-10)11-14(12,13)6-8(2)3/h8,11H,5-7H2,1-4H3. The highest BCUT2D eigenvalue weighted by molar-refractivity contribution is 9.09. The second-order valence-electron chi connectivity index (χ2n) is 4.33. The summed E-state index contributed by atoms with van der Waals surface area (Å²) < 4.78 is 26.0. The van der Waals surface area contributed by atoms with Crippen molar-refractivity contribution in [3.63, 3.8) is 0 Å². The number of alkyl halides is 1. The predicted molar refractivity (Wildman–Crippen MR) is 64.3 cm³/mol. The van der Waals surface area contributed by atoms with Gasteiger partial charge < -0.3 is 0 Å². The molecule has 0 amide bonds. The van der Waals surface area contributed by atoms with Gasteiger partial charge in [-0.25, -0.2) is 13.1 Å². The van der Waals surface area contributed by atoms with E-state index in [0.29, 0.717) is 5.33 Å². The second-order valence-corrected chi connectivity index (χ2v) is 6.65. The van der Waals surface area contributed by atoms with E-state index in [-0.39, 0.29) is 17.2 Å². The number of nitrogens with one attached hydrogen (secondary N) is 1. The van der Waals surface area contributed by atoms with Crippen LogP contribution < -0.4 is 4.72 Å². The van der Waals surface area contributed by atoms with Crippen molar-refractivity contribution in [1.82, 2.24) is 4.72 Å². The van der Waals surface area contributed by atoms with Crippen LogP contribution in [0.5, 0.6) is 0 Å². The average Bonchev–Trinajstić information content (AvgIpc) is 2.01. The van der Waals surface area contributed by atoms with Gasteiger partial charge in [0.25, 0.3) is 0 Å². The Kier molecular flexibility index (Phi) is 5.62. The molecule has 5 heteroatoms. The van der Waals surface area contributed by atoms with E-state index in [9.17, 15) is 8.42 Å². The molecular weight excluding hydrogens is 266 g/mol. The highest BCUT2D eigenvalue weighted by atomic mass is 79.9. The summed E-state index contributed by atoms with van der Waals surface area (Å²) in [4.78, 5) is 0. The topological polar surface area (TPSA) is 46.2 Å². The lowest BCUT2D eigenvalue weighted by atomic mass is 10.0. The first-order valence-corrected chi connectivity index (χ1v) is 7.59. The van der Waals surface area contributed by atoms with Crippen molar-refractivity contribution < 1.29 is 8.42 Å². The Morgan fingerprint density at radius 3 is 2.21 bits per heavy atom. The number of hydrogen-bond donors (Lipinski definition) is 1. The van der Waals surface area contributed by atoms with Crippen LogP contribution in [0.25, 0.3) is 0 Å². The van der Waals surface area contributed by atoms with E-state index in [1.54, 1.807) is 0 Å². The molecule has 0 aliphatic carbocycles. The quantitative estimate of drug-likeness (QED) is 0.760. The van der Waals surface area contributed by atoms with Gasteiger partial charge in [-0.1, -0.05) is 36.7 Å². The van der Waals surface area contributed by atoms with E-state index in [4.69, 9.17) is 0 Å². The zero-order chi connectivity index (χ0) is 11.4. The predicted octanol–water partition coefficient (Wildman–Crippen LogP) is 2.13. The van der Waals surface area contributed by atoms with Crippen LogP contribution in [-0.2, 0) is 10.0 Å². The van der Waals surface area contributed by atoms with E-state index in [1.807, 2.05) is 27.7 Å². The second kappa shape index (κ2) is 5.47. The summed E-state index contributed by atoms with van der Waals surface area (Å²) >= 11 is 3.32. The summed E-state index contributed by atoms with van der Waals surface area (Å²) in [6.07, 6.45) is 0.773. The van der Waals surface area contributed by atoms with E-state index >= 15 is 0 Å². The third-order valence-corrected chi connectivity index (χ3v) is 5.18. The van der Waals surface area contributed by atoms with Gasteiger partial charge in [0.05, 0.1) is 5.75 Å². The Morgan fingerprint density at radius 1 is 1.43 bits per heavy atom. The first-order valence-electron chi connectivity index (χ1n) is 4.82. The normalized spacial score (nSPS) is 17.0. The molecule has 1 unspecified atom stereocenters. The third kappa shape index (κ3) is 5.32. The molecule has 0 saturated carbocycles. The molecule has 0 radical (unpaired) electrons. The molecule has 0 bridgehead atoms. The van der Waals surface area contributed by atoms with E-state index in [1.165, 1.54) is 0 Å². The Morgan fingerprint density at radius 2 is 1.93 bits per heavy atom. The molecule has 14 heavy (non-hydrogen) atoms. The molecule has 0 aromatic rings. The van der Waals surface area contributed by atoms with Gasteiger partial charge in [-0.2, -0.15) is 0 Å². The van der Waals surface area contributed by atoms with Crippen molar-refractivity contribution in [2.75, 3.05) is 11.1 Å². The molecule has 0 fully saturated rings. The van der Waals surface area contributed by atoms with Crippen LogP contribution in [0.15, 0.2) is 0 Å². The SMILES string of the molecule is CCC(C)(CBr)NS(=O)(=O)CC(C)C. The highest BCUT2D eigenvalue weighted by Crippen LogP contribution is 2.14. The minimum atomic E-state index is -3.14. The minimum absolute atomic E-state index is 0.156. The largest absolute Gasteiger partial charge is 0.212 e. The van der Waals surface area contributed by atoms with E-state index < -0.39 is 10.0 Å². The average molecular weight is 286 g/mol. The Balaban J connectivity index is 4.49. The molecule has 0 spiro atoms. The summed E-state index contributed by atoms with van der Waals surface area (Å²) in [6.45, 7) is 7.67. The van der Waals surface area contributed by atoms with Gasteiger partial charge in [0.1, 0.15) is 0 Å². The molecule has 0 aliphatic rings. The minimum Gasteiger partial charge on any atom is -0.212 e. The lowest BCUT2D eigenvalue weighted by molar-refractivity contribution is 0.447. The molecule has 3 nitrogen and oxygen atoms in total. The molecule has 1 N–H and O–H groups in total. The Labute approximate surface area is 95.8 Å². The van der Waals surface area contributed by atoms with Gasteiger partial charge in [-0.15, -0.1) is 0 Å². The maximum Gasteiger partial charge on any atom is 0.212 e. The van der Waals surface area contributed by atoms with Gasteiger partial charge in [-0.05, 0) is 19.3 Å². The van der Waals surface area contributed by atoms with Crippen LogP contribution in [-0.4, -0.2) is 25.0 Å². The molecule has 0 saturated heterocycles. The summed E-state index contributed by atoms with van der Waals surface area (Å²) in [7, 11) is -3.14. The van der Waals surface area contributed by atoms with E-state index in [2.05, 4.69) is 20.7 Å². The fourth-order valence-corrected chi connectivity index (χ4v) is 3.70. The van der Waals surface area contributed by atoms with Gasteiger partial charge in [-0.3, -0.25) is 0 Å². The zero-order valence-electron chi connectivity index (χ0n) is 9.30. The first-order chi connectivity index (χ1) is 6.24. The Hall–Kier alpha value is 0.390. The summed E-state index contributed by atoms with van der Waals surface area (Å²) in [5, 5.41) is 0.633. The molecule has 1 atom stereocenters. The lowest BCUT2D eigenvalue weighted by Crippen LogP contribution is -2.48. The monoisotopic (exact) mass is 285 g/mol. The number of halogens is 1. The number of sulfonamides is 1.